The number of aliphatic hydroxyl groups is 1. The average molecular weight is 265 g/mol. The van der Waals surface area contributed by atoms with E-state index in [2.05, 4.69) is 11.2 Å². The lowest BCUT2D eigenvalue weighted by molar-refractivity contribution is 0.263. The molecule has 0 aliphatic heterocycles. The van der Waals surface area contributed by atoms with Crippen LogP contribution in [0.15, 0.2) is 30.3 Å². The van der Waals surface area contributed by atoms with E-state index in [4.69, 9.17) is 11.6 Å². The van der Waals surface area contributed by atoms with E-state index in [-0.39, 0.29) is 12.5 Å². The SMILES string of the molecule is Cc1cc(CC(CO)c2ccc(Cl)cc2)n(C)n1. The van der Waals surface area contributed by atoms with E-state index >= 15 is 0 Å². The Morgan fingerprint density at radius 3 is 2.50 bits per heavy atom. The summed E-state index contributed by atoms with van der Waals surface area (Å²) >= 11 is 5.87. The number of aryl methyl sites for hydroxylation is 2. The zero-order valence-electron chi connectivity index (χ0n) is 10.6. The number of nitrogens with zero attached hydrogens (tertiary/aromatic N) is 2. The molecule has 96 valence electrons. The fourth-order valence-corrected chi connectivity index (χ4v) is 2.26. The number of hydrogen-bond donors (Lipinski definition) is 1. The molecule has 2 aromatic rings. The molecule has 1 heterocycles. The molecule has 1 atom stereocenters. The average Bonchev–Trinajstić information content (AvgIpc) is 2.66. The summed E-state index contributed by atoms with van der Waals surface area (Å²) in [6.07, 6.45) is 0.773. The second kappa shape index (κ2) is 5.55. The normalized spacial score (nSPS) is 12.7. The highest BCUT2D eigenvalue weighted by molar-refractivity contribution is 6.30. The molecule has 1 N–H and O–H groups in total. The first-order chi connectivity index (χ1) is 8.60. The molecule has 0 saturated heterocycles. The first-order valence-electron chi connectivity index (χ1n) is 5.96. The summed E-state index contributed by atoms with van der Waals surface area (Å²) in [6, 6.07) is 9.69. The monoisotopic (exact) mass is 264 g/mol. The third-order valence-corrected chi connectivity index (χ3v) is 3.37. The van der Waals surface area contributed by atoms with Gasteiger partial charge in [0.2, 0.25) is 0 Å². The molecule has 0 fully saturated rings. The van der Waals surface area contributed by atoms with Crippen molar-refractivity contribution in [2.75, 3.05) is 6.61 Å². The molecule has 0 aliphatic carbocycles. The third-order valence-electron chi connectivity index (χ3n) is 3.12. The van der Waals surface area contributed by atoms with Crippen LogP contribution in [0, 0.1) is 6.92 Å². The van der Waals surface area contributed by atoms with Gasteiger partial charge in [-0.2, -0.15) is 5.10 Å². The summed E-state index contributed by atoms with van der Waals surface area (Å²) in [5, 5.41) is 14.6. The first-order valence-corrected chi connectivity index (χ1v) is 6.34. The Morgan fingerprint density at radius 2 is 2.00 bits per heavy atom. The standard InChI is InChI=1S/C14H17ClN2O/c1-10-7-14(17(2)16-10)8-12(9-18)11-3-5-13(15)6-4-11/h3-7,12,18H,8-9H2,1-2H3. The van der Waals surface area contributed by atoms with Crippen LogP contribution in [0.4, 0.5) is 0 Å². The van der Waals surface area contributed by atoms with Gasteiger partial charge in [0.05, 0.1) is 12.3 Å². The lowest BCUT2D eigenvalue weighted by atomic mass is 9.95. The second-order valence-corrected chi connectivity index (χ2v) is 4.97. The van der Waals surface area contributed by atoms with Crippen LogP contribution in [0.2, 0.25) is 5.02 Å². The van der Waals surface area contributed by atoms with Crippen LogP contribution in [0.3, 0.4) is 0 Å². The molecule has 0 aliphatic rings. The number of rotatable bonds is 4. The van der Waals surface area contributed by atoms with Crippen molar-refractivity contribution in [2.24, 2.45) is 7.05 Å². The van der Waals surface area contributed by atoms with Crippen LogP contribution in [0.1, 0.15) is 22.9 Å². The molecule has 0 bridgehead atoms. The molecule has 18 heavy (non-hydrogen) atoms. The zero-order valence-corrected chi connectivity index (χ0v) is 11.4. The smallest absolute Gasteiger partial charge is 0.0596 e. The highest BCUT2D eigenvalue weighted by atomic mass is 35.5. The Balaban J connectivity index is 2.19. The molecule has 0 amide bonds. The van der Waals surface area contributed by atoms with Crippen molar-refractivity contribution < 1.29 is 5.11 Å². The molecule has 3 nitrogen and oxygen atoms in total. The predicted molar refractivity (Wildman–Crippen MR) is 72.9 cm³/mol. The predicted octanol–water partition coefficient (Wildman–Crippen LogP) is 2.70. The Kier molecular flexibility index (Phi) is 4.04. The van der Waals surface area contributed by atoms with Gasteiger partial charge < -0.3 is 5.11 Å². The molecule has 1 unspecified atom stereocenters. The fraction of sp³-hybridized carbons (Fsp3) is 0.357. The van der Waals surface area contributed by atoms with Gasteiger partial charge >= 0.3 is 0 Å². The molecule has 0 spiro atoms. The Labute approximate surface area is 112 Å². The van der Waals surface area contributed by atoms with Gasteiger partial charge in [-0.25, -0.2) is 0 Å². The number of halogens is 1. The van der Waals surface area contributed by atoms with Crippen molar-refractivity contribution in [1.82, 2.24) is 9.78 Å². The topological polar surface area (TPSA) is 38.0 Å². The van der Waals surface area contributed by atoms with Crippen LogP contribution >= 0.6 is 11.6 Å². The second-order valence-electron chi connectivity index (χ2n) is 4.54. The van der Waals surface area contributed by atoms with Crippen LogP contribution in [-0.4, -0.2) is 21.5 Å². The molecule has 1 aromatic carbocycles. The van der Waals surface area contributed by atoms with E-state index in [9.17, 15) is 5.11 Å². The van der Waals surface area contributed by atoms with Crippen LogP contribution in [0.25, 0.3) is 0 Å². The summed E-state index contributed by atoms with van der Waals surface area (Å²) in [5.41, 5.74) is 3.22. The summed E-state index contributed by atoms with van der Waals surface area (Å²) < 4.78 is 1.87. The van der Waals surface area contributed by atoms with Gasteiger partial charge in [0.1, 0.15) is 0 Å². The van der Waals surface area contributed by atoms with Crippen molar-refractivity contribution in [3.63, 3.8) is 0 Å². The minimum absolute atomic E-state index is 0.0806. The van der Waals surface area contributed by atoms with Crippen LogP contribution < -0.4 is 0 Å². The van der Waals surface area contributed by atoms with E-state index in [0.717, 1.165) is 23.4 Å². The molecule has 4 heteroatoms. The van der Waals surface area contributed by atoms with Crippen molar-refractivity contribution in [2.45, 2.75) is 19.3 Å². The van der Waals surface area contributed by atoms with Gasteiger partial charge in [0.15, 0.2) is 0 Å². The Bertz CT molecular complexity index is 519. The van der Waals surface area contributed by atoms with E-state index in [1.807, 2.05) is 42.9 Å². The zero-order chi connectivity index (χ0) is 13.1. The van der Waals surface area contributed by atoms with Crippen molar-refractivity contribution in [3.8, 4) is 0 Å². The van der Waals surface area contributed by atoms with Crippen LogP contribution in [-0.2, 0) is 13.5 Å². The Morgan fingerprint density at radius 1 is 1.33 bits per heavy atom. The number of aromatic nitrogens is 2. The van der Waals surface area contributed by atoms with E-state index < -0.39 is 0 Å². The van der Waals surface area contributed by atoms with Crippen LogP contribution in [0.5, 0.6) is 0 Å². The number of benzene rings is 1. The number of hydrogen-bond acceptors (Lipinski definition) is 2. The van der Waals surface area contributed by atoms with Gasteiger partial charge in [-0.3, -0.25) is 4.68 Å². The van der Waals surface area contributed by atoms with Gasteiger partial charge in [-0.15, -0.1) is 0 Å². The molecular formula is C14H17ClN2O. The van der Waals surface area contributed by atoms with Gasteiger partial charge in [0, 0.05) is 23.7 Å². The minimum atomic E-state index is 0.0806. The largest absolute Gasteiger partial charge is 0.396 e. The first kappa shape index (κ1) is 13.1. The highest BCUT2D eigenvalue weighted by Gasteiger charge is 2.14. The lowest BCUT2D eigenvalue weighted by Gasteiger charge is -2.14. The van der Waals surface area contributed by atoms with E-state index in [0.29, 0.717) is 5.02 Å². The summed E-state index contributed by atoms with van der Waals surface area (Å²) in [7, 11) is 1.93. The molecule has 2 rings (SSSR count). The highest BCUT2D eigenvalue weighted by Crippen LogP contribution is 2.22. The Hall–Kier alpha value is -1.32. The van der Waals surface area contributed by atoms with Crippen molar-refractivity contribution >= 4 is 11.6 Å². The molecular weight excluding hydrogens is 248 g/mol. The summed E-state index contributed by atoms with van der Waals surface area (Å²) in [6.45, 7) is 2.09. The maximum atomic E-state index is 9.55. The molecule has 0 saturated carbocycles. The van der Waals surface area contributed by atoms with Gasteiger partial charge in [-0.05, 0) is 37.1 Å². The molecule has 0 radical (unpaired) electrons. The third kappa shape index (κ3) is 2.92. The lowest BCUT2D eigenvalue weighted by Crippen LogP contribution is -2.10. The van der Waals surface area contributed by atoms with Crippen molar-refractivity contribution in [3.05, 3.63) is 52.3 Å². The van der Waals surface area contributed by atoms with Gasteiger partial charge in [-0.1, -0.05) is 23.7 Å². The summed E-state index contributed by atoms with van der Waals surface area (Å²) in [4.78, 5) is 0. The van der Waals surface area contributed by atoms with Gasteiger partial charge in [0.25, 0.3) is 0 Å². The van der Waals surface area contributed by atoms with E-state index in [1.165, 1.54) is 0 Å². The minimum Gasteiger partial charge on any atom is -0.396 e. The fourth-order valence-electron chi connectivity index (χ4n) is 2.13. The maximum absolute atomic E-state index is 9.55. The quantitative estimate of drug-likeness (QED) is 0.922. The maximum Gasteiger partial charge on any atom is 0.0596 e. The van der Waals surface area contributed by atoms with Crippen molar-refractivity contribution in [1.29, 1.82) is 0 Å². The van der Waals surface area contributed by atoms with E-state index in [1.54, 1.807) is 0 Å². The number of aliphatic hydroxyl groups excluding tert-OH is 1. The molecule has 1 aromatic heterocycles. The summed E-state index contributed by atoms with van der Waals surface area (Å²) in [5.74, 6) is 0.0806.